The van der Waals surface area contributed by atoms with E-state index in [0.29, 0.717) is 29.4 Å². The molecule has 2 saturated carbocycles. The van der Waals surface area contributed by atoms with Crippen LogP contribution in [0, 0.1) is 24.7 Å². The van der Waals surface area contributed by atoms with Crippen LogP contribution in [-0.2, 0) is 6.61 Å². The van der Waals surface area contributed by atoms with E-state index in [1.165, 1.54) is 31.7 Å². The summed E-state index contributed by atoms with van der Waals surface area (Å²) in [4.78, 5) is 24.3. The highest BCUT2D eigenvalue weighted by Gasteiger charge is 2.42. The highest BCUT2D eigenvalue weighted by molar-refractivity contribution is 5.94. The minimum atomic E-state index is -0.365. The summed E-state index contributed by atoms with van der Waals surface area (Å²) >= 11 is 0. The van der Waals surface area contributed by atoms with Gasteiger partial charge in [0.25, 0.3) is 5.91 Å². The van der Waals surface area contributed by atoms with Crippen LogP contribution < -0.4 is 15.7 Å². The second-order valence-electron chi connectivity index (χ2n) is 9.49. The molecule has 5 rings (SSSR count). The van der Waals surface area contributed by atoms with E-state index in [9.17, 15) is 9.59 Å². The first-order valence-corrected chi connectivity index (χ1v) is 11.5. The summed E-state index contributed by atoms with van der Waals surface area (Å²) in [5.74, 6) is 2.93. The van der Waals surface area contributed by atoms with Crippen molar-refractivity contribution in [1.82, 2.24) is 5.32 Å². The van der Waals surface area contributed by atoms with Gasteiger partial charge in [-0.3, -0.25) is 4.79 Å². The van der Waals surface area contributed by atoms with Crippen molar-refractivity contribution in [2.75, 3.05) is 0 Å². The van der Waals surface area contributed by atoms with Crippen LogP contribution >= 0.6 is 0 Å². The van der Waals surface area contributed by atoms with E-state index in [4.69, 9.17) is 9.15 Å². The lowest BCUT2D eigenvalue weighted by Gasteiger charge is -2.28. The molecule has 1 aromatic heterocycles. The van der Waals surface area contributed by atoms with Crippen LogP contribution in [0.25, 0.3) is 11.0 Å². The Morgan fingerprint density at radius 3 is 2.66 bits per heavy atom. The molecule has 2 aliphatic carbocycles. The Labute approximate surface area is 187 Å². The molecule has 2 bridgehead atoms. The summed E-state index contributed by atoms with van der Waals surface area (Å²) in [5.41, 5.74) is 2.67. The lowest BCUT2D eigenvalue weighted by atomic mass is 9.84. The number of aryl methyl sites for hydroxylation is 1. The van der Waals surface area contributed by atoms with E-state index in [2.05, 4.69) is 12.2 Å². The molecule has 4 atom stereocenters. The molecule has 5 nitrogen and oxygen atoms in total. The van der Waals surface area contributed by atoms with Crippen LogP contribution in [0.1, 0.15) is 54.1 Å². The third-order valence-electron chi connectivity index (χ3n) is 7.34. The van der Waals surface area contributed by atoms with Crippen molar-refractivity contribution in [3.63, 3.8) is 0 Å². The van der Waals surface area contributed by atoms with Gasteiger partial charge in [0, 0.05) is 29.1 Å². The fourth-order valence-corrected chi connectivity index (χ4v) is 5.62. The van der Waals surface area contributed by atoms with Crippen LogP contribution in [0.4, 0.5) is 0 Å². The smallest absolute Gasteiger partial charge is 0.336 e. The molecule has 2 aromatic carbocycles. The van der Waals surface area contributed by atoms with Gasteiger partial charge in [-0.1, -0.05) is 18.6 Å². The van der Waals surface area contributed by atoms with Crippen LogP contribution in [0.15, 0.2) is 57.7 Å². The maximum atomic E-state index is 12.7. The molecule has 3 aromatic rings. The summed E-state index contributed by atoms with van der Waals surface area (Å²) in [5, 5.41) is 4.12. The lowest BCUT2D eigenvalue weighted by molar-refractivity contribution is 0.0915. The highest BCUT2D eigenvalue weighted by atomic mass is 16.5. The quantitative estimate of drug-likeness (QED) is 0.542. The highest BCUT2D eigenvalue weighted by Crippen LogP contribution is 2.49. The number of benzene rings is 2. The van der Waals surface area contributed by atoms with Crippen molar-refractivity contribution in [2.45, 2.75) is 52.2 Å². The maximum absolute atomic E-state index is 12.7. The average molecular weight is 432 g/mol. The second-order valence-corrected chi connectivity index (χ2v) is 9.49. The van der Waals surface area contributed by atoms with Gasteiger partial charge < -0.3 is 14.5 Å². The van der Waals surface area contributed by atoms with Crippen LogP contribution in [0.3, 0.4) is 0 Å². The predicted octanol–water partition coefficient (Wildman–Crippen LogP) is 5.23. The number of hydrogen-bond donors (Lipinski definition) is 1. The van der Waals surface area contributed by atoms with Gasteiger partial charge in [-0.25, -0.2) is 4.79 Å². The third kappa shape index (κ3) is 4.16. The molecular weight excluding hydrogens is 402 g/mol. The number of rotatable bonds is 6. The van der Waals surface area contributed by atoms with Crippen molar-refractivity contribution in [3.05, 3.63) is 75.6 Å². The summed E-state index contributed by atoms with van der Waals surface area (Å²) < 4.78 is 11.2. The second kappa shape index (κ2) is 8.45. The zero-order valence-corrected chi connectivity index (χ0v) is 18.6. The standard InChI is InChI=1S/C27H29NO4/c1-16-11-26(29)32-25-14-22(9-10-23(16)25)31-15-18-3-6-20(7-4-18)27(30)28-17(2)24-13-19-5-8-21(24)12-19/h3-4,6-7,9-11,14,17,19,21,24H,5,8,12-13,15H2,1-2H3,(H,28,30)/t17-,19+,21+,24+/m1/s1. The normalized spacial score (nSPS) is 22.8. The van der Waals surface area contributed by atoms with Crippen molar-refractivity contribution >= 4 is 16.9 Å². The topological polar surface area (TPSA) is 68.5 Å². The van der Waals surface area contributed by atoms with Crippen molar-refractivity contribution < 1.29 is 13.9 Å². The number of carbonyl (C=O) groups is 1. The Morgan fingerprint density at radius 2 is 1.94 bits per heavy atom. The molecule has 2 aliphatic rings. The first-order chi connectivity index (χ1) is 15.5. The average Bonchev–Trinajstić information content (AvgIpc) is 3.41. The van der Waals surface area contributed by atoms with Crippen molar-refractivity contribution in [3.8, 4) is 5.75 Å². The van der Waals surface area contributed by atoms with Gasteiger partial charge in [-0.2, -0.15) is 0 Å². The summed E-state index contributed by atoms with van der Waals surface area (Å²) in [7, 11) is 0. The van der Waals surface area contributed by atoms with Crippen LogP contribution in [0.2, 0.25) is 0 Å². The van der Waals surface area contributed by atoms with Gasteiger partial charge in [0.2, 0.25) is 0 Å². The molecule has 0 unspecified atom stereocenters. The molecule has 0 aliphatic heterocycles. The predicted molar refractivity (Wildman–Crippen MR) is 124 cm³/mol. The van der Waals surface area contributed by atoms with Crippen molar-refractivity contribution in [1.29, 1.82) is 0 Å². The van der Waals surface area contributed by atoms with E-state index in [0.717, 1.165) is 28.3 Å². The van der Waals surface area contributed by atoms with E-state index >= 15 is 0 Å². The van der Waals surface area contributed by atoms with Gasteiger partial charge in [-0.15, -0.1) is 0 Å². The minimum Gasteiger partial charge on any atom is -0.489 e. The molecule has 1 N–H and O–H groups in total. The number of fused-ring (bicyclic) bond motifs is 3. The van der Waals surface area contributed by atoms with E-state index < -0.39 is 0 Å². The van der Waals surface area contributed by atoms with Gasteiger partial charge in [-0.05, 0) is 86.3 Å². The SMILES string of the molecule is Cc1cc(=O)oc2cc(OCc3ccc(C(=O)N[C@H](C)[C@@H]4C[C@H]5CC[C@H]4C5)cc3)ccc12. The Bertz CT molecular complexity index is 1200. The molecule has 0 saturated heterocycles. The fourth-order valence-electron chi connectivity index (χ4n) is 5.62. The summed E-state index contributed by atoms with van der Waals surface area (Å²) in [6, 6.07) is 14.8. The molecule has 2 fully saturated rings. The largest absolute Gasteiger partial charge is 0.489 e. The Morgan fingerprint density at radius 1 is 1.12 bits per heavy atom. The number of nitrogens with one attached hydrogen (secondary N) is 1. The first kappa shape index (κ1) is 20.8. The van der Waals surface area contributed by atoms with E-state index in [1.54, 1.807) is 6.07 Å². The molecule has 166 valence electrons. The van der Waals surface area contributed by atoms with Gasteiger partial charge in [0.15, 0.2) is 0 Å². The first-order valence-electron chi connectivity index (χ1n) is 11.5. The van der Waals surface area contributed by atoms with Gasteiger partial charge in [0.1, 0.15) is 17.9 Å². The molecular formula is C27H29NO4. The third-order valence-corrected chi connectivity index (χ3v) is 7.34. The molecule has 0 radical (unpaired) electrons. The zero-order valence-electron chi connectivity index (χ0n) is 18.6. The summed E-state index contributed by atoms with van der Waals surface area (Å²) in [6.45, 7) is 4.40. The lowest BCUT2D eigenvalue weighted by Crippen LogP contribution is -2.40. The maximum Gasteiger partial charge on any atom is 0.336 e. The number of ether oxygens (including phenoxy) is 1. The monoisotopic (exact) mass is 431 g/mol. The van der Waals surface area contributed by atoms with Gasteiger partial charge >= 0.3 is 5.63 Å². The Hall–Kier alpha value is -3.08. The summed E-state index contributed by atoms with van der Waals surface area (Å²) in [6.07, 6.45) is 5.31. The van der Waals surface area contributed by atoms with Crippen LogP contribution in [0.5, 0.6) is 5.75 Å². The van der Waals surface area contributed by atoms with E-state index in [1.807, 2.05) is 43.3 Å². The molecule has 5 heteroatoms. The zero-order chi connectivity index (χ0) is 22.2. The number of amides is 1. The van der Waals surface area contributed by atoms with Gasteiger partial charge in [0.05, 0.1) is 0 Å². The Kier molecular flexibility index (Phi) is 5.50. The number of carbonyl (C=O) groups excluding carboxylic acids is 1. The molecule has 1 amide bonds. The van der Waals surface area contributed by atoms with Crippen molar-refractivity contribution in [2.24, 2.45) is 17.8 Å². The Balaban J connectivity index is 1.19. The fraction of sp³-hybridized carbons (Fsp3) is 0.407. The van der Waals surface area contributed by atoms with E-state index in [-0.39, 0.29) is 17.6 Å². The molecule has 0 spiro atoms. The molecule has 1 heterocycles. The number of hydrogen-bond acceptors (Lipinski definition) is 4. The minimum absolute atomic E-state index is 0.00679. The van der Waals surface area contributed by atoms with Crippen LogP contribution in [-0.4, -0.2) is 11.9 Å². The molecule has 32 heavy (non-hydrogen) atoms.